The van der Waals surface area contributed by atoms with E-state index in [-0.39, 0.29) is 23.3 Å². The minimum Gasteiger partial charge on any atom is -0.508 e. The van der Waals surface area contributed by atoms with Crippen molar-refractivity contribution in [1.29, 1.82) is 0 Å². The highest BCUT2D eigenvalue weighted by Gasteiger charge is 2.57. The molecule has 4 rings (SSSR count). The fraction of sp³-hybridized carbons (Fsp3) is 0.667. The summed E-state index contributed by atoms with van der Waals surface area (Å²) in [6.07, 6.45) is 2.73. The fourth-order valence-corrected chi connectivity index (χ4v) is 5.00. The number of carbonyl (C=O) groups excluding carboxylic acids is 1. The van der Waals surface area contributed by atoms with Gasteiger partial charge in [-0.1, -0.05) is 6.07 Å². The van der Waals surface area contributed by atoms with E-state index in [1.165, 1.54) is 0 Å². The molecule has 3 aliphatic rings. The van der Waals surface area contributed by atoms with Crippen LogP contribution in [0.2, 0.25) is 0 Å². The molecule has 2 aliphatic heterocycles. The first kappa shape index (κ1) is 18.6. The van der Waals surface area contributed by atoms with Crippen molar-refractivity contribution in [2.75, 3.05) is 18.1 Å². The predicted molar refractivity (Wildman–Crippen MR) is 101 cm³/mol. The van der Waals surface area contributed by atoms with Gasteiger partial charge in [-0.3, -0.25) is 4.90 Å². The molecule has 2 heterocycles. The van der Waals surface area contributed by atoms with Gasteiger partial charge >= 0.3 is 6.09 Å². The number of hydrogen-bond acceptors (Lipinski definition) is 5. The summed E-state index contributed by atoms with van der Waals surface area (Å²) in [5.41, 5.74) is 0.710. The molecule has 0 radical (unpaired) electrons. The summed E-state index contributed by atoms with van der Waals surface area (Å²) in [5, 5.41) is 10.7. The van der Waals surface area contributed by atoms with Crippen molar-refractivity contribution in [3.05, 3.63) is 23.8 Å². The van der Waals surface area contributed by atoms with E-state index in [0.29, 0.717) is 13.2 Å². The van der Waals surface area contributed by atoms with E-state index in [2.05, 4.69) is 6.92 Å². The van der Waals surface area contributed by atoms with Crippen molar-refractivity contribution < 1.29 is 24.1 Å². The number of rotatable bonds is 0. The molecule has 1 aromatic rings. The topological polar surface area (TPSA) is 68.2 Å². The fourth-order valence-electron chi connectivity index (χ4n) is 5.00. The molecule has 1 aromatic carbocycles. The molecule has 1 atom stereocenters. The van der Waals surface area contributed by atoms with Crippen LogP contribution in [0.3, 0.4) is 0 Å². The summed E-state index contributed by atoms with van der Waals surface area (Å²) in [5.74, 6) is -0.246. The lowest BCUT2D eigenvalue weighted by atomic mass is 9.65. The Bertz CT molecular complexity index is 737. The second-order valence-electron chi connectivity index (χ2n) is 8.96. The van der Waals surface area contributed by atoms with Gasteiger partial charge in [-0.2, -0.15) is 0 Å². The Labute approximate surface area is 160 Å². The highest BCUT2D eigenvalue weighted by molar-refractivity contribution is 5.93. The van der Waals surface area contributed by atoms with Crippen molar-refractivity contribution in [3.8, 4) is 5.75 Å². The summed E-state index contributed by atoms with van der Waals surface area (Å²) in [7, 11) is 0. The van der Waals surface area contributed by atoms with Gasteiger partial charge in [-0.15, -0.1) is 0 Å². The van der Waals surface area contributed by atoms with Crippen LogP contribution in [0.15, 0.2) is 18.2 Å². The predicted octanol–water partition coefficient (Wildman–Crippen LogP) is 4.09. The van der Waals surface area contributed by atoms with Crippen LogP contribution >= 0.6 is 0 Å². The van der Waals surface area contributed by atoms with Crippen molar-refractivity contribution in [2.24, 2.45) is 0 Å². The van der Waals surface area contributed by atoms with Crippen molar-refractivity contribution in [2.45, 2.75) is 76.2 Å². The van der Waals surface area contributed by atoms with E-state index in [1.54, 1.807) is 17.0 Å². The number of fused-ring (bicyclic) bond motifs is 2. The van der Waals surface area contributed by atoms with Gasteiger partial charge in [-0.05, 0) is 52.7 Å². The molecule has 0 bridgehead atoms. The van der Waals surface area contributed by atoms with Crippen LogP contribution < -0.4 is 4.90 Å². The highest BCUT2D eigenvalue weighted by Crippen LogP contribution is 2.58. The van der Waals surface area contributed by atoms with E-state index in [9.17, 15) is 9.90 Å². The molecule has 1 unspecified atom stereocenters. The number of carbonyl (C=O) groups is 1. The Morgan fingerprint density at radius 3 is 2.41 bits per heavy atom. The molecular weight excluding hydrogens is 346 g/mol. The quantitative estimate of drug-likeness (QED) is 0.740. The molecule has 1 saturated carbocycles. The summed E-state index contributed by atoms with van der Waals surface area (Å²) in [4.78, 5) is 14.7. The maximum absolute atomic E-state index is 13.0. The lowest BCUT2D eigenvalue weighted by molar-refractivity contribution is -0.185. The SMILES string of the molecule is CC1N(C(=O)OC(C)(C)C)c2cccc(O)c2C12CCC1(CC2)OCCO1. The molecule has 27 heavy (non-hydrogen) atoms. The average Bonchev–Trinajstić information content (AvgIpc) is 3.12. The summed E-state index contributed by atoms with van der Waals surface area (Å²) >= 11 is 0. The smallest absolute Gasteiger partial charge is 0.415 e. The van der Waals surface area contributed by atoms with E-state index in [0.717, 1.165) is 36.9 Å². The van der Waals surface area contributed by atoms with Gasteiger partial charge < -0.3 is 19.3 Å². The van der Waals surface area contributed by atoms with Gasteiger partial charge in [0.25, 0.3) is 0 Å². The average molecular weight is 375 g/mol. The Balaban J connectivity index is 1.71. The number of phenols is 1. The van der Waals surface area contributed by atoms with Crippen LogP contribution in [0.1, 0.15) is 58.9 Å². The molecule has 2 spiro atoms. The summed E-state index contributed by atoms with van der Waals surface area (Å²) in [6.45, 7) is 8.92. The standard InChI is InChI=1S/C21H29NO5/c1-14-20(8-10-21(11-9-20)25-12-13-26-21)17-15(6-5-7-16(17)23)22(14)18(24)27-19(2,3)4/h5-7,14,23H,8-13H2,1-4H3. The molecule has 148 valence electrons. The molecule has 1 N–H and O–H groups in total. The lowest BCUT2D eigenvalue weighted by Gasteiger charge is -2.45. The zero-order chi connectivity index (χ0) is 19.4. The molecule has 1 saturated heterocycles. The largest absolute Gasteiger partial charge is 0.508 e. The maximum atomic E-state index is 13.0. The number of hydrogen-bond donors (Lipinski definition) is 1. The van der Waals surface area contributed by atoms with E-state index < -0.39 is 11.4 Å². The Kier molecular flexibility index (Phi) is 4.20. The molecule has 1 amide bonds. The zero-order valence-electron chi connectivity index (χ0n) is 16.6. The normalized spacial score (nSPS) is 25.8. The number of phenolic OH excluding ortho intramolecular Hbond substituents is 1. The Morgan fingerprint density at radius 2 is 1.81 bits per heavy atom. The van der Waals surface area contributed by atoms with Gasteiger partial charge in [0.05, 0.1) is 18.9 Å². The first-order chi connectivity index (χ1) is 12.7. The monoisotopic (exact) mass is 375 g/mol. The van der Waals surface area contributed by atoms with Crippen molar-refractivity contribution in [1.82, 2.24) is 0 Å². The molecular formula is C21H29NO5. The Hall–Kier alpha value is -1.79. The number of aromatic hydroxyl groups is 1. The third-order valence-electron chi connectivity index (χ3n) is 6.27. The van der Waals surface area contributed by atoms with Crippen LogP contribution in [0.5, 0.6) is 5.75 Å². The zero-order valence-corrected chi connectivity index (χ0v) is 16.6. The van der Waals surface area contributed by atoms with Crippen molar-refractivity contribution >= 4 is 11.8 Å². The molecule has 6 heteroatoms. The maximum Gasteiger partial charge on any atom is 0.415 e. The number of amides is 1. The van der Waals surface area contributed by atoms with E-state index in [4.69, 9.17) is 14.2 Å². The van der Waals surface area contributed by atoms with Gasteiger partial charge in [0.15, 0.2) is 5.79 Å². The summed E-state index contributed by atoms with van der Waals surface area (Å²) < 4.78 is 17.4. The van der Waals surface area contributed by atoms with E-state index >= 15 is 0 Å². The second-order valence-corrected chi connectivity index (χ2v) is 8.96. The Morgan fingerprint density at radius 1 is 1.19 bits per heavy atom. The second kappa shape index (κ2) is 6.11. The number of nitrogens with zero attached hydrogens (tertiary/aromatic N) is 1. The minimum atomic E-state index is -0.578. The third-order valence-corrected chi connectivity index (χ3v) is 6.27. The molecule has 6 nitrogen and oxygen atoms in total. The number of benzene rings is 1. The van der Waals surface area contributed by atoms with Crippen LogP contribution in [0, 0.1) is 0 Å². The van der Waals surface area contributed by atoms with Gasteiger partial charge in [0, 0.05) is 29.9 Å². The first-order valence-electron chi connectivity index (χ1n) is 9.80. The summed E-state index contributed by atoms with van der Waals surface area (Å²) in [6, 6.07) is 5.27. The number of anilines is 1. The van der Waals surface area contributed by atoms with E-state index in [1.807, 2.05) is 26.8 Å². The highest BCUT2D eigenvalue weighted by atomic mass is 16.7. The van der Waals surface area contributed by atoms with Crippen LogP contribution in [0.25, 0.3) is 0 Å². The van der Waals surface area contributed by atoms with Gasteiger partial charge in [0.2, 0.25) is 0 Å². The van der Waals surface area contributed by atoms with Crippen LogP contribution in [0.4, 0.5) is 10.5 Å². The molecule has 2 fully saturated rings. The molecule has 0 aromatic heterocycles. The van der Waals surface area contributed by atoms with Gasteiger partial charge in [-0.25, -0.2) is 4.79 Å². The number of ether oxygens (including phenoxy) is 3. The third kappa shape index (κ3) is 2.90. The molecule has 1 aliphatic carbocycles. The van der Waals surface area contributed by atoms with Crippen molar-refractivity contribution in [3.63, 3.8) is 0 Å². The first-order valence-corrected chi connectivity index (χ1v) is 9.80. The van der Waals surface area contributed by atoms with Gasteiger partial charge in [0.1, 0.15) is 11.4 Å². The minimum absolute atomic E-state index is 0.116. The van der Waals surface area contributed by atoms with Crippen LogP contribution in [-0.4, -0.2) is 41.8 Å². The van der Waals surface area contributed by atoms with Crippen LogP contribution in [-0.2, 0) is 19.6 Å². The lowest BCUT2D eigenvalue weighted by Crippen LogP contribution is -2.51.